The van der Waals surface area contributed by atoms with E-state index in [1.807, 2.05) is 6.20 Å². The molecule has 4 heterocycles. The molecule has 144 valence electrons. The molecule has 1 aromatic rings. The van der Waals surface area contributed by atoms with Gasteiger partial charge in [-0.05, 0) is 39.3 Å². The zero-order valence-electron chi connectivity index (χ0n) is 15.8. The van der Waals surface area contributed by atoms with Gasteiger partial charge >= 0.3 is 0 Å². The van der Waals surface area contributed by atoms with Gasteiger partial charge in [0.25, 0.3) is 0 Å². The number of carbonyl (C=O) groups excluding carboxylic acids is 1. The van der Waals surface area contributed by atoms with Gasteiger partial charge in [-0.25, -0.2) is 4.98 Å². The highest BCUT2D eigenvalue weighted by Crippen LogP contribution is 2.28. The van der Waals surface area contributed by atoms with Crippen LogP contribution in [0.5, 0.6) is 0 Å². The van der Waals surface area contributed by atoms with E-state index in [0.717, 1.165) is 70.3 Å². The fourth-order valence-electron chi connectivity index (χ4n) is 4.62. The predicted molar refractivity (Wildman–Crippen MR) is 106 cm³/mol. The largest absolute Gasteiger partial charge is 0.348 e. The van der Waals surface area contributed by atoms with Crippen molar-refractivity contribution < 1.29 is 4.79 Å². The van der Waals surface area contributed by atoms with E-state index >= 15 is 0 Å². The lowest BCUT2D eigenvalue weighted by atomic mass is 9.92. The smallest absolute Gasteiger partial charge is 0.227 e. The van der Waals surface area contributed by atoms with E-state index in [-0.39, 0.29) is 5.92 Å². The summed E-state index contributed by atoms with van der Waals surface area (Å²) in [5, 5.41) is 3.21. The molecular formula is C19H31N5OS. The Bertz CT molecular complexity index is 579. The first kappa shape index (κ1) is 18.2. The van der Waals surface area contributed by atoms with Crippen LogP contribution in [0.15, 0.2) is 11.6 Å². The van der Waals surface area contributed by atoms with Gasteiger partial charge in [-0.15, -0.1) is 11.3 Å². The number of amides is 1. The topological polar surface area (TPSA) is 42.9 Å². The van der Waals surface area contributed by atoms with Gasteiger partial charge in [-0.3, -0.25) is 9.69 Å². The number of hydrogen-bond donors (Lipinski definition) is 0. The van der Waals surface area contributed by atoms with E-state index < -0.39 is 0 Å². The van der Waals surface area contributed by atoms with E-state index in [1.165, 1.54) is 12.8 Å². The first-order chi connectivity index (χ1) is 12.7. The summed E-state index contributed by atoms with van der Waals surface area (Å²) in [6, 6.07) is 0.634. The van der Waals surface area contributed by atoms with E-state index in [4.69, 9.17) is 0 Å². The number of thiazole rings is 1. The van der Waals surface area contributed by atoms with E-state index in [2.05, 4.69) is 37.0 Å². The molecule has 1 aromatic heterocycles. The van der Waals surface area contributed by atoms with Crippen molar-refractivity contribution in [3.8, 4) is 0 Å². The van der Waals surface area contributed by atoms with Gasteiger partial charge in [0, 0.05) is 63.4 Å². The van der Waals surface area contributed by atoms with Crippen LogP contribution >= 0.6 is 11.3 Å². The number of piperidine rings is 2. The molecule has 7 heteroatoms. The van der Waals surface area contributed by atoms with Crippen molar-refractivity contribution in [3.05, 3.63) is 11.6 Å². The van der Waals surface area contributed by atoms with Gasteiger partial charge in [0.15, 0.2) is 5.13 Å². The van der Waals surface area contributed by atoms with Crippen molar-refractivity contribution in [1.82, 2.24) is 19.7 Å². The highest BCUT2D eigenvalue weighted by atomic mass is 32.1. The Hall–Kier alpha value is -1.18. The maximum Gasteiger partial charge on any atom is 0.227 e. The van der Waals surface area contributed by atoms with E-state index in [1.54, 1.807) is 11.3 Å². The maximum absolute atomic E-state index is 13.0. The highest BCUT2D eigenvalue weighted by molar-refractivity contribution is 7.13. The number of hydrogen-bond acceptors (Lipinski definition) is 6. The minimum absolute atomic E-state index is 0.212. The third kappa shape index (κ3) is 4.05. The van der Waals surface area contributed by atoms with Crippen LogP contribution in [0.4, 0.5) is 5.13 Å². The molecule has 1 amide bonds. The molecule has 1 atom stereocenters. The molecule has 0 aliphatic carbocycles. The monoisotopic (exact) mass is 377 g/mol. The van der Waals surface area contributed by atoms with Crippen molar-refractivity contribution in [2.75, 3.05) is 64.3 Å². The number of nitrogens with zero attached hydrogens (tertiary/aromatic N) is 5. The molecule has 0 saturated carbocycles. The van der Waals surface area contributed by atoms with Gasteiger partial charge in [-0.1, -0.05) is 0 Å². The molecule has 0 N–H and O–H groups in total. The van der Waals surface area contributed by atoms with Crippen LogP contribution in [-0.4, -0.2) is 91.0 Å². The summed E-state index contributed by atoms with van der Waals surface area (Å²) >= 11 is 1.73. The molecule has 3 aliphatic rings. The molecule has 26 heavy (non-hydrogen) atoms. The quantitative estimate of drug-likeness (QED) is 0.800. The number of likely N-dealkylation sites (tertiary alicyclic amines) is 1. The van der Waals surface area contributed by atoms with Crippen LogP contribution in [0.25, 0.3) is 0 Å². The minimum atomic E-state index is 0.212. The lowest BCUT2D eigenvalue weighted by molar-refractivity contribution is -0.139. The molecule has 3 aliphatic heterocycles. The van der Waals surface area contributed by atoms with Crippen LogP contribution < -0.4 is 4.90 Å². The minimum Gasteiger partial charge on any atom is -0.348 e. The van der Waals surface area contributed by atoms with Crippen LogP contribution in [-0.2, 0) is 4.79 Å². The molecule has 0 spiro atoms. The molecular weight excluding hydrogens is 346 g/mol. The third-order valence-corrected chi connectivity index (χ3v) is 7.12. The first-order valence-corrected chi connectivity index (χ1v) is 10.9. The summed E-state index contributed by atoms with van der Waals surface area (Å²) in [5.74, 6) is 0.618. The SMILES string of the molecule is CN1CCN(C(=O)[C@H]2CCCN(C3CCN(c4nccs4)CC3)C2)CC1. The first-order valence-electron chi connectivity index (χ1n) is 10.1. The highest BCUT2D eigenvalue weighted by Gasteiger charge is 2.34. The summed E-state index contributed by atoms with van der Waals surface area (Å²) in [4.78, 5) is 26.9. The second-order valence-electron chi connectivity index (χ2n) is 8.00. The zero-order chi connectivity index (χ0) is 17.9. The van der Waals surface area contributed by atoms with Crippen molar-refractivity contribution in [1.29, 1.82) is 0 Å². The standard InChI is InChI=1S/C19H31N5OS/c1-21-10-12-22(13-11-21)18(25)16-3-2-7-24(15-16)17-4-8-23(9-5-17)19-20-6-14-26-19/h6,14,16-17H,2-5,7-13,15H2,1H3/t16-/m0/s1. The Morgan fingerprint density at radius 1 is 1.08 bits per heavy atom. The number of rotatable bonds is 3. The molecule has 0 radical (unpaired) electrons. The van der Waals surface area contributed by atoms with Crippen molar-refractivity contribution in [2.24, 2.45) is 5.92 Å². The van der Waals surface area contributed by atoms with Crippen LogP contribution in [0.2, 0.25) is 0 Å². The molecule has 0 bridgehead atoms. The second kappa shape index (κ2) is 8.23. The van der Waals surface area contributed by atoms with Crippen LogP contribution in [0.3, 0.4) is 0 Å². The van der Waals surface area contributed by atoms with E-state index in [0.29, 0.717) is 11.9 Å². The Balaban J connectivity index is 1.29. The van der Waals surface area contributed by atoms with Crippen molar-refractivity contribution >= 4 is 22.4 Å². The fourth-order valence-corrected chi connectivity index (χ4v) is 5.32. The normalized spacial score (nSPS) is 27.0. The summed E-state index contributed by atoms with van der Waals surface area (Å²) in [6.07, 6.45) is 6.51. The number of carbonyl (C=O) groups is 1. The summed E-state index contributed by atoms with van der Waals surface area (Å²) in [6.45, 7) is 8.13. The average molecular weight is 378 g/mol. The Morgan fingerprint density at radius 2 is 1.85 bits per heavy atom. The molecule has 0 unspecified atom stereocenters. The summed E-state index contributed by atoms with van der Waals surface area (Å²) in [5.41, 5.74) is 0. The number of piperazine rings is 1. The van der Waals surface area contributed by atoms with E-state index in [9.17, 15) is 4.79 Å². The molecule has 6 nitrogen and oxygen atoms in total. The lowest BCUT2D eigenvalue weighted by Crippen LogP contribution is -2.54. The summed E-state index contributed by atoms with van der Waals surface area (Å²) < 4.78 is 0. The molecule has 0 aromatic carbocycles. The molecule has 3 saturated heterocycles. The zero-order valence-corrected chi connectivity index (χ0v) is 16.7. The Labute approximate surface area is 160 Å². The van der Waals surface area contributed by atoms with Gasteiger partial charge in [0.05, 0.1) is 5.92 Å². The lowest BCUT2D eigenvalue weighted by Gasteiger charge is -2.43. The number of likely N-dealkylation sites (N-methyl/N-ethyl adjacent to an activating group) is 1. The van der Waals surface area contributed by atoms with Gasteiger partial charge < -0.3 is 14.7 Å². The van der Waals surface area contributed by atoms with Crippen LogP contribution in [0, 0.1) is 5.92 Å². The number of aromatic nitrogens is 1. The number of anilines is 1. The van der Waals surface area contributed by atoms with Crippen molar-refractivity contribution in [3.63, 3.8) is 0 Å². The second-order valence-corrected chi connectivity index (χ2v) is 8.87. The molecule has 3 fully saturated rings. The van der Waals surface area contributed by atoms with Crippen LogP contribution in [0.1, 0.15) is 25.7 Å². The average Bonchev–Trinajstić information content (AvgIpc) is 3.23. The van der Waals surface area contributed by atoms with Gasteiger partial charge in [0.1, 0.15) is 0 Å². The maximum atomic E-state index is 13.0. The fraction of sp³-hybridized carbons (Fsp3) is 0.789. The third-order valence-electron chi connectivity index (χ3n) is 6.29. The summed E-state index contributed by atoms with van der Waals surface area (Å²) in [7, 11) is 2.14. The molecule has 4 rings (SSSR count). The Kier molecular flexibility index (Phi) is 5.76. The van der Waals surface area contributed by atoms with Gasteiger partial charge in [-0.2, -0.15) is 0 Å². The van der Waals surface area contributed by atoms with Gasteiger partial charge in [0.2, 0.25) is 5.91 Å². The van der Waals surface area contributed by atoms with Crippen molar-refractivity contribution in [2.45, 2.75) is 31.7 Å². The Morgan fingerprint density at radius 3 is 2.54 bits per heavy atom. The predicted octanol–water partition coefficient (Wildman–Crippen LogP) is 1.60.